The van der Waals surface area contributed by atoms with E-state index < -0.39 is 0 Å². The van der Waals surface area contributed by atoms with E-state index in [9.17, 15) is 0 Å². The molecule has 1 atom stereocenters. The summed E-state index contributed by atoms with van der Waals surface area (Å²) in [5.74, 6) is 0.579. The van der Waals surface area contributed by atoms with Crippen molar-refractivity contribution >= 4 is 11.5 Å². The highest BCUT2D eigenvalue weighted by atomic mass is 15.3. The molecule has 0 bridgehead atoms. The molecule has 7 heteroatoms. The summed E-state index contributed by atoms with van der Waals surface area (Å²) in [7, 11) is 1.88. The molecular formula is C14H19N7. The van der Waals surface area contributed by atoms with E-state index in [4.69, 9.17) is 11.5 Å². The zero-order chi connectivity index (χ0) is 15.0. The zero-order valence-corrected chi connectivity index (χ0v) is 12.2. The standard InChI is InChI=1S/C14H19N7/c1-9(15)3-4-11-5-13(16)21-14(19-11)12(7-18-21)10-6-17-20(2)8-10/h5-9H,3-4,15-16H2,1-2H3. The molecule has 0 spiro atoms. The average molecular weight is 285 g/mol. The van der Waals surface area contributed by atoms with Crippen LogP contribution < -0.4 is 11.5 Å². The quantitative estimate of drug-likeness (QED) is 0.744. The number of hydrogen-bond donors (Lipinski definition) is 2. The highest BCUT2D eigenvalue weighted by molar-refractivity contribution is 5.77. The fraction of sp³-hybridized carbons (Fsp3) is 0.357. The first kappa shape index (κ1) is 13.6. The SMILES string of the molecule is CC(N)CCc1cc(N)n2ncc(-c3cnn(C)c3)c2n1. The molecule has 3 rings (SSSR count). The second-order valence-electron chi connectivity index (χ2n) is 5.38. The summed E-state index contributed by atoms with van der Waals surface area (Å²) in [4.78, 5) is 4.68. The molecule has 0 radical (unpaired) electrons. The number of aryl methyl sites for hydroxylation is 2. The normalized spacial score (nSPS) is 12.9. The van der Waals surface area contributed by atoms with E-state index in [1.54, 1.807) is 21.6 Å². The molecule has 0 aromatic carbocycles. The molecule has 3 aromatic heterocycles. The van der Waals surface area contributed by atoms with E-state index >= 15 is 0 Å². The summed E-state index contributed by atoms with van der Waals surface area (Å²) < 4.78 is 3.40. The molecule has 0 aliphatic carbocycles. The fourth-order valence-corrected chi connectivity index (χ4v) is 2.31. The monoisotopic (exact) mass is 285 g/mol. The lowest BCUT2D eigenvalue weighted by atomic mass is 10.1. The van der Waals surface area contributed by atoms with E-state index in [1.165, 1.54) is 0 Å². The Bertz CT molecular complexity index is 769. The Morgan fingerprint density at radius 1 is 1.29 bits per heavy atom. The van der Waals surface area contributed by atoms with Crippen LogP contribution in [0.4, 0.5) is 5.82 Å². The third kappa shape index (κ3) is 2.59. The van der Waals surface area contributed by atoms with Gasteiger partial charge in [-0.05, 0) is 19.8 Å². The van der Waals surface area contributed by atoms with Crippen LogP contribution in [-0.2, 0) is 13.5 Å². The molecule has 0 amide bonds. The number of nitrogens with two attached hydrogens (primary N) is 2. The summed E-state index contributed by atoms with van der Waals surface area (Å²) >= 11 is 0. The topological polar surface area (TPSA) is 100 Å². The van der Waals surface area contributed by atoms with E-state index in [-0.39, 0.29) is 6.04 Å². The van der Waals surface area contributed by atoms with Gasteiger partial charge in [-0.25, -0.2) is 4.98 Å². The second-order valence-corrected chi connectivity index (χ2v) is 5.38. The van der Waals surface area contributed by atoms with Crippen LogP contribution in [0.15, 0.2) is 24.7 Å². The average Bonchev–Trinajstić information content (AvgIpc) is 3.02. The maximum atomic E-state index is 6.07. The Hall–Kier alpha value is -2.41. The number of nitrogens with zero attached hydrogens (tertiary/aromatic N) is 5. The molecule has 0 aliphatic rings. The first-order chi connectivity index (χ1) is 10.0. The van der Waals surface area contributed by atoms with Gasteiger partial charge in [0, 0.05) is 42.2 Å². The third-order valence-electron chi connectivity index (χ3n) is 3.42. The lowest BCUT2D eigenvalue weighted by Gasteiger charge is -2.07. The summed E-state index contributed by atoms with van der Waals surface area (Å²) in [6.45, 7) is 1.99. The largest absolute Gasteiger partial charge is 0.384 e. The maximum absolute atomic E-state index is 6.07. The molecule has 0 saturated carbocycles. The van der Waals surface area contributed by atoms with Gasteiger partial charge in [0.1, 0.15) is 5.82 Å². The summed E-state index contributed by atoms with van der Waals surface area (Å²) in [6.07, 6.45) is 7.17. The highest BCUT2D eigenvalue weighted by Crippen LogP contribution is 2.24. The molecule has 3 heterocycles. The Labute approximate surface area is 122 Å². The van der Waals surface area contributed by atoms with E-state index in [0.29, 0.717) is 5.82 Å². The molecule has 3 aromatic rings. The lowest BCUT2D eigenvalue weighted by Crippen LogP contribution is -2.16. The minimum absolute atomic E-state index is 0.145. The maximum Gasteiger partial charge on any atom is 0.165 e. The van der Waals surface area contributed by atoms with Crippen molar-refractivity contribution in [3.63, 3.8) is 0 Å². The lowest BCUT2D eigenvalue weighted by molar-refractivity contribution is 0.658. The third-order valence-corrected chi connectivity index (χ3v) is 3.42. The van der Waals surface area contributed by atoms with Gasteiger partial charge in [0.2, 0.25) is 0 Å². The molecule has 0 saturated heterocycles. The molecule has 0 fully saturated rings. The minimum atomic E-state index is 0.145. The van der Waals surface area contributed by atoms with Crippen LogP contribution in [-0.4, -0.2) is 30.4 Å². The van der Waals surface area contributed by atoms with E-state index in [0.717, 1.165) is 35.3 Å². The van der Waals surface area contributed by atoms with Gasteiger partial charge in [-0.2, -0.15) is 14.7 Å². The van der Waals surface area contributed by atoms with Crippen LogP contribution in [0.3, 0.4) is 0 Å². The predicted molar refractivity (Wildman–Crippen MR) is 81.6 cm³/mol. The Kier molecular flexibility index (Phi) is 3.34. The molecule has 1 unspecified atom stereocenters. The number of aromatic nitrogens is 5. The highest BCUT2D eigenvalue weighted by Gasteiger charge is 2.13. The van der Waals surface area contributed by atoms with Crippen molar-refractivity contribution in [1.82, 2.24) is 24.4 Å². The van der Waals surface area contributed by atoms with Crippen LogP contribution >= 0.6 is 0 Å². The van der Waals surface area contributed by atoms with Crippen molar-refractivity contribution in [3.8, 4) is 11.1 Å². The van der Waals surface area contributed by atoms with Crippen molar-refractivity contribution < 1.29 is 0 Å². The Morgan fingerprint density at radius 3 is 2.76 bits per heavy atom. The Balaban J connectivity index is 2.06. The number of anilines is 1. The van der Waals surface area contributed by atoms with Crippen LogP contribution in [0.5, 0.6) is 0 Å². The zero-order valence-electron chi connectivity index (χ0n) is 12.2. The van der Waals surface area contributed by atoms with E-state index in [1.807, 2.05) is 26.2 Å². The minimum Gasteiger partial charge on any atom is -0.384 e. The van der Waals surface area contributed by atoms with Gasteiger partial charge >= 0.3 is 0 Å². The van der Waals surface area contributed by atoms with Gasteiger partial charge in [0.05, 0.1) is 12.4 Å². The molecule has 110 valence electrons. The fourth-order valence-electron chi connectivity index (χ4n) is 2.31. The van der Waals surface area contributed by atoms with Gasteiger partial charge in [0.15, 0.2) is 5.65 Å². The molecule has 21 heavy (non-hydrogen) atoms. The van der Waals surface area contributed by atoms with Crippen molar-refractivity contribution in [1.29, 1.82) is 0 Å². The first-order valence-electron chi connectivity index (χ1n) is 6.92. The van der Waals surface area contributed by atoms with E-state index in [2.05, 4.69) is 15.2 Å². The Morgan fingerprint density at radius 2 is 2.10 bits per heavy atom. The van der Waals surface area contributed by atoms with Gasteiger partial charge in [-0.3, -0.25) is 4.68 Å². The van der Waals surface area contributed by atoms with Crippen molar-refractivity contribution in [2.75, 3.05) is 5.73 Å². The number of nitrogen functional groups attached to an aromatic ring is 1. The van der Waals surface area contributed by atoms with Crippen molar-refractivity contribution in [3.05, 3.63) is 30.4 Å². The number of fused-ring (bicyclic) bond motifs is 1. The smallest absolute Gasteiger partial charge is 0.165 e. The molecule has 7 nitrogen and oxygen atoms in total. The number of hydrogen-bond acceptors (Lipinski definition) is 5. The summed E-state index contributed by atoms with van der Waals surface area (Å²) in [5, 5.41) is 8.50. The van der Waals surface area contributed by atoms with Crippen LogP contribution in [0.1, 0.15) is 19.0 Å². The summed E-state index contributed by atoms with van der Waals surface area (Å²) in [6, 6.07) is 2.00. The first-order valence-corrected chi connectivity index (χ1v) is 6.92. The van der Waals surface area contributed by atoms with Crippen molar-refractivity contribution in [2.45, 2.75) is 25.8 Å². The van der Waals surface area contributed by atoms with Crippen LogP contribution in [0.2, 0.25) is 0 Å². The van der Waals surface area contributed by atoms with Gasteiger partial charge in [0.25, 0.3) is 0 Å². The van der Waals surface area contributed by atoms with Crippen LogP contribution in [0, 0.1) is 0 Å². The van der Waals surface area contributed by atoms with Gasteiger partial charge in [-0.15, -0.1) is 0 Å². The van der Waals surface area contributed by atoms with Crippen molar-refractivity contribution in [2.24, 2.45) is 12.8 Å². The predicted octanol–water partition coefficient (Wildman–Crippen LogP) is 0.992. The molecule has 4 N–H and O–H groups in total. The second kappa shape index (κ2) is 5.17. The molecular weight excluding hydrogens is 266 g/mol. The van der Waals surface area contributed by atoms with Gasteiger partial charge < -0.3 is 11.5 Å². The molecule has 0 aliphatic heterocycles. The van der Waals surface area contributed by atoms with Crippen LogP contribution in [0.25, 0.3) is 16.8 Å². The summed E-state index contributed by atoms with van der Waals surface area (Å²) in [5.41, 5.74) is 15.5. The van der Waals surface area contributed by atoms with Gasteiger partial charge in [-0.1, -0.05) is 0 Å². The number of rotatable bonds is 4.